The van der Waals surface area contributed by atoms with E-state index in [2.05, 4.69) is 19.9 Å². The Balaban J connectivity index is 1.80. The van der Waals surface area contributed by atoms with E-state index in [0.29, 0.717) is 0 Å². The number of benzene rings is 1. The lowest BCUT2D eigenvalue weighted by atomic mass is 9.71. The van der Waals surface area contributed by atoms with Gasteiger partial charge in [0.1, 0.15) is 0 Å². The fourth-order valence-corrected chi connectivity index (χ4v) is 6.85. The number of hydrogen-bond donors (Lipinski definition) is 0. The normalized spacial score (nSPS) is 23.6. The smallest absolute Gasteiger partial charge is 0.0156 e. The van der Waals surface area contributed by atoms with Gasteiger partial charge >= 0.3 is 0 Å². The average Bonchev–Trinajstić information content (AvgIpc) is 2.75. The highest BCUT2D eigenvalue weighted by Gasteiger charge is 2.29. The minimum atomic E-state index is 0.856. The second-order valence-electron chi connectivity index (χ2n) is 9.93. The molecule has 3 fully saturated rings. The Morgan fingerprint density at radius 3 is 1.56 bits per heavy atom. The second-order valence-corrected chi connectivity index (χ2v) is 9.93. The zero-order valence-corrected chi connectivity index (χ0v) is 18.1. The summed E-state index contributed by atoms with van der Waals surface area (Å²) in [5, 5.41) is 0. The van der Waals surface area contributed by atoms with Gasteiger partial charge in [0.25, 0.3) is 0 Å². The molecule has 3 saturated carbocycles. The predicted molar refractivity (Wildman–Crippen MR) is 118 cm³/mol. The molecule has 0 nitrogen and oxygen atoms in total. The van der Waals surface area contributed by atoms with Gasteiger partial charge in [-0.15, -0.1) is 0 Å². The molecule has 0 amide bonds. The van der Waals surface area contributed by atoms with E-state index in [9.17, 15) is 0 Å². The lowest BCUT2D eigenvalue weighted by molar-refractivity contribution is 0.422. The van der Waals surface area contributed by atoms with Crippen LogP contribution in [-0.4, -0.2) is 0 Å². The van der Waals surface area contributed by atoms with Crippen molar-refractivity contribution in [2.75, 3.05) is 0 Å². The molecule has 0 atom stereocenters. The van der Waals surface area contributed by atoms with Crippen molar-refractivity contribution in [2.24, 2.45) is 0 Å². The lowest BCUT2D eigenvalue weighted by Crippen LogP contribution is -2.17. The molecular formula is C27H42. The molecule has 0 spiro atoms. The zero-order valence-electron chi connectivity index (χ0n) is 18.1. The minimum absolute atomic E-state index is 0.856. The van der Waals surface area contributed by atoms with Crippen molar-refractivity contribution in [3.05, 3.63) is 33.9 Å². The summed E-state index contributed by atoms with van der Waals surface area (Å²) in [6.45, 7) is 4.95. The largest absolute Gasteiger partial charge is 0.0613 e. The topological polar surface area (TPSA) is 0 Å². The number of hydrogen-bond acceptors (Lipinski definition) is 0. The fourth-order valence-electron chi connectivity index (χ4n) is 6.85. The summed E-state index contributed by atoms with van der Waals surface area (Å²) < 4.78 is 0. The first-order valence-electron chi connectivity index (χ1n) is 12.5. The Morgan fingerprint density at radius 2 is 1.07 bits per heavy atom. The van der Waals surface area contributed by atoms with Crippen LogP contribution in [0.2, 0.25) is 0 Å². The van der Waals surface area contributed by atoms with Crippen molar-refractivity contribution in [3.8, 4) is 0 Å². The molecule has 3 aliphatic rings. The van der Waals surface area contributed by atoms with Crippen molar-refractivity contribution in [1.29, 1.82) is 0 Å². The molecule has 0 bridgehead atoms. The third kappa shape index (κ3) is 4.15. The highest BCUT2D eigenvalue weighted by Crippen LogP contribution is 2.46. The molecule has 3 aliphatic carbocycles. The lowest BCUT2D eigenvalue weighted by Gasteiger charge is -2.34. The molecule has 0 heterocycles. The van der Waals surface area contributed by atoms with Crippen molar-refractivity contribution >= 4 is 0 Å². The van der Waals surface area contributed by atoms with E-state index < -0.39 is 0 Å². The molecule has 0 aliphatic heterocycles. The Hall–Kier alpha value is -0.780. The van der Waals surface area contributed by atoms with Gasteiger partial charge in [-0.3, -0.25) is 0 Å². The summed E-state index contributed by atoms with van der Waals surface area (Å²) in [7, 11) is 0. The highest BCUT2D eigenvalue weighted by atomic mass is 14.3. The van der Waals surface area contributed by atoms with Crippen LogP contribution in [0.5, 0.6) is 0 Å². The third-order valence-electron chi connectivity index (χ3n) is 8.28. The predicted octanol–water partition coefficient (Wildman–Crippen LogP) is 8.70. The molecule has 0 N–H and O–H groups in total. The molecule has 0 radical (unpaired) electrons. The van der Waals surface area contributed by atoms with Gasteiger partial charge in [-0.1, -0.05) is 70.8 Å². The van der Waals surface area contributed by atoms with Gasteiger partial charge in [0.05, 0.1) is 0 Å². The fraction of sp³-hybridized carbons (Fsp3) is 0.778. The van der Waals surface area contributed by atoms with Gasteiger partial charge in [-0.2, -0.15) is 0 Å². The van der Waals surface area contributed by atoms with Gasteiger partial charge in [0.15, 0.2) is 0 Å². The van der Waals surface area contributed by atoms with E-state index in [-0.39, 0.29) is 0 Å². The first-order valence-corrected chi connectivity index (χ1v) is 12.5. The molecule has 0 unspecified atom stereocenters. The standard InChI is InChI=1S/C27H42/c1-3-24-26(22-15-9-5-10-16-22)19-25(21-13-7-4-8-14-21)20(2)27(24)23-17-11-6-12-18-23/h19,21-23H,3-18H2,1-2H3. The minimum Gasteiger partial charge on any atom is -0.0613 e. The zero-order chi connectivity index (χ0) is 18.6. The maximum Gasteiger partial charge on any atom is -0.0156 e. The first-order chi connectivity index (χ1) is 13.3. The quantitative estimate of drug-likeness (QED) is 0.500. The maximum atomic E-state index is 2.76. The molecule has 4 rings (SSSR count). The van der Waals surface area contributed by atoms with E-state index >= 15 is 0 Å². The second kappa shape index (κ2) is 9.15. The van der Waals surface area contributed by atoms with E-state index in [1.165, 1.54) is 103 Å². The average molecular weight is 367 g/mol. The van der Waals surface area contributed by atoms with Crippen LogP contribution in [0, 0.1) is 6.92 Å². The number of rotatable bonds is 4. The van der Waals surface area contributed by atoms with E-state index in [4.69, 9.17) is 0 Å². The van der Waals surface area contributed by atoms with Crippen LogP contribution in [0.15, 0.2) is 6.07 Å². The van der Waals surface area contributed by atoms with Crippen LogP contribution in [0.3, 0.4) is 0 Å². The van der Waals surface area contributed by atoms with Gasteiger partial charge in [0, 0.05) is 0 Å². The van der Waals surface area contributed by atoms with E-state index in [1.807, 2.05) is 11.1 Å². The van der Waals surface area contributed by atoms with Crippen LogP contribution >= 0.6 is 0 Å². The molecule has 150 valence electrons. The summed E-state index contributed by atoms with van der Waals surface area (Å²) >= 11 is 0. The molecule has 0 heteroatoms. The Bertz CT molecular complexity index is 607. The molecule has 0 saturated heterocycles. The van der Waals surface area contributed by atoms with E-state index in [0.717, 1.165) is 17.8 Å². The third-order valence-corrected chi connectivity index (χ3v) is 8.28. The summed E-state index contributed by atoms with van der Waals surface area (Å²) in [4.78, 5) is 0. The molecule has 0 aromatic heterocycles. The summed E-state index contributed by atoms with van der Waals surface area (Å²) in [6, 6.07) is 2.76. The van der Waals surface area contributed by atoms with Crippen LogP contribution in [-0.2, 0) is 6.42 Å². The summed E-state index contributed by atoms with van der Waals surface area (Å²) in [5.74, 6) is 2.58. The van der Waals surface area contributed by atoms with Gasteiger partial charge in [0.2, 0.25) is 0 Å². The Morgan fingerprint density at radius 1 is 0.630 bits per heavy atom. The Kier molecular flexibility index (Phi) is 6.62. The van der Waals surface area contributed by atoms with Gasteiger partial charge < -0.3 is 0 Å². The van der Waals surface area contributed by atoms with Crippen molar-refractivity contribution < 1.29 is 0 Å². The van der Waals surface area contributed by atoms with Gasteiger partial charge in [-0.05, 0) is 97.4 Å². The van der Waals surface area contributed by atoms with Crippen molar-refractivity contribution in [3.63, 3.8) is 0 Å². The van der Waals surface area contributed by atoms with Crippen LogP contribution in [0.25, 0.3) is 0 Å². The molecule has 1 aromatic carbocycles. The monoisotopic (exact) mass is 366 g/mol. The van der Waals surface area contributed by atoms with Crippen LogP contribution in [0.4, 0.5) is 0 Å². The van der Waals surface area contributed by atoms with Crippen molar-refractivity contribution in [1.82, 2.24) is 0 Å². The molecule has 1 aromatic rings. The maximum absolute atomic E-state index is 2.76. The van der Waals surface area contributed by atoms with Crippen LogP contribution in [0.1, 0.15) is 149 Å². The van der Waals surface area contributed by atoms with Crippen molar-refractivity contribution in [2.45, 2.75) is 134 Å². The highest BCUT2D eigenvalue weighted by molar-refractivity contribution is 5.50. The molecule has 27 heavy (non-hydrogen) atoms. The summed E-state index contributed by atoms with van der Waals surface area (Å²) in [5.41, 5.74) is 8.97. The van der Waals surface area contributed by atoms with Crippen LogP contribution < -0.4 is 0 Å². The Labute approximate surface area is 168 Å². The summed E-state index contributed by atoms with van der Waals surface area (Å²) in [6.07, 6.45) is 23.1. The van der Waals surface area contributed by atoms with E-state index in [1.54, 1.807) is 16.7 Å². The molecular weight excluding hydrogens is 324 g/mol. The SMILES string of the molecule is CCc1c(C2CCCCC2)cc(C2CCCCC2)c(C)c1C1CCCCC1. The van der Waals surface area contributed by atoms with Gasteiger partial charge in [-0.25, -0.2) is 0 Å². The first kappa shape index (κ1) is 19.5.